The second-order valence-corrected chi connectivity index (χ2v) is 3.78. The fourth-order valence-corrected chi connectivity index (χ4v) is 1.03. The van der Waals surface area contributed by atoms with Crippen LogP contribution in [0.3, 0.4) is 0 Å². The molecule has 9 heteroatoms. The molecule has 0 aromatic carbocycles. The highest BCUT2D eigenvalue weighted by Gasteiger charge is 2.01. The molecule has 0 unspecified atom stereocenters. The van der Waals surface area contributed by atoms with Gasteiger partial charge in [0.15, 0.2) is 12.0 Å². The molecule has 2 aromatic heterocycles. The summed E-state index contributed by atoms with van der Waals surface area (Å²) in [4.78, 5) is 38.6. The van der Waals surface area contributed by atoms with Crippen molar-refractivity contribution in [1.82, 2.24) is 0 Å². The van der Waals surface area contributed by atoms with Gasteiger partial charge in [-0.05, 0) is 30.3 Å². The topological polar surface area (TPSA) is 155 Å². The van der Waals surface area contributed by atoms with E-state index in [0.717, 1.165) is 6.08 Å². The van der Waals surface area contributed by atoms with Crippen molar-refractivity contribution in [2.24, 2.45) is 0 Å². The van der Waals surface area contributed by atoms with Gasteiger partial charge in [-0.2, -0.15) is 0 Å². The van der Waals surface area contributed by atoms with Crippen LogP contribution in [-0.2, 0) is 14.4 Å². The maximum absolute atomic E-state index is 9.97. The molecule has 2 heterocycles. The lowest BCUT2D eigenvalue weighted by molar-refractivity contribution is -0.147. The van der Waals surface area contributed by atoms with Gasteiger partial charge in [-0.15, -0.1) is 0 Å². The first-order valence-corrected chi connectivity index (χ1v) is 6.22. The summed E-state index contributed by atoms with van der Waals surface area (Å²) in [6.07, 6.45) is 5.23. The Morgan fingerprint density at radius 2 is 1.42 bits per heavy atom. The summed E-state index contributed by atoms with van der Waals surface area (Å²) in [7, 11) is 0. The molecule has 0 spiro atoms. The predicted octanol–water partition coefficient (Wildman–Crippen LogP) is 2.02. The Kier molecular flexibility index (Phi) is 10.2. The molecule has 0 atom stereocenters. The number of carboxylic acid groups (broad SMARTS) is 3. The van der Waals surface area contributed by atoms with Crippen molar-refractivity contribution in [2.45, 2.75) is 6.42 Å². The quantitative estimate of drug-likeness (QED) is 0.421. The van der Waals surface area contributed by atoms with E-state index in [1.165, 1.54) is 18.6 Å². The average Bonchev–Trinajstić information content (AvgIpc) is 3.18. The molecule has 0 aliphatic carbocycles. The summed E-state index contributed by atoms with van der Waals surface area (Å²) in [5.74, 6) is -2.68. The van der Waals surface area contributed by atoms with Gasteiger partial charge in [0.05, 0.1) is 12.5 Å². The fourth-order valence-electron chi connectivity index (χ4n) is 1.03. The lowest BCUT2D eigenvalue weighted by Crippen LogP contribution is -2.03. The predicted molar refractivity (Wildman–Crippen MR) is 79.4 cm³/mol. The van der Waals surface area contributed by atoms with Crippen LogP contribution >= 0.6 is 0 Å². The second kappa shape index (κ2) is 12.0. The Balaban J connectivity index is 0.000000340. The highest BCUT2D eigenvalue weighted by molar-refractivity contribution is 5.88. The van der Waals surface area contributed by atoms with Crippen LogP contribution in [0, 0.1) is 0 Å². The number of furan rings is 2. The van der Waals surface area contributed by atoms with Crippen LogP contribution in [0.15, 0.2) is 51.7 Å². The Bertz CT molecular complexity index is 639. The standard InChI is InChI=1S/C7H6O3.C5H4O2.C3H4O4/c8-7(9)4-3-6-2-1-5-10-6;6-4-5-2-1-3-7-5;4-2(5)1-3(6)7/h1-5H,(H,8,9);1-4H;1H2,(H,4,5)(H,6,7)/b4-3+;;. The van der Waals surface area contributed by atoms with Crippen LogP contribution < -0.4 is 0 Å². The zero-order chi connectivity index (χ0) is 18.4. The van der Waals surface area contributed by atoms with E-state index in [1.54, 1.807) is 24.3 Å². The average molecular weight is 338 g/mol. The fraction of sp³-hybridized carbons (Fsp3) is 0.0667. The largest absolute Gasteiger partial charge is 0.481 e. The van der Waals surface area contributed by atoms with Crippen LogP contribution in [0.2, 0.25) is 0 Å². The smallest absolute Gasteiger partial charge is 0.328 e. The molecular weight excluding hydrogens is 324 g/mol. The number of carboxylic acids is 3. The summed E-state index contributed by atoms with van der Waals surface area (Å²) in [5.41, 5.74) is 0. The summed E-state index contributed by atoms with van der Waals surface area (Å²) in [5, 5.41) is 23.6. The molecule has 0 bridgehead atoms. The van der Waals surface area contributed by atoms with E-state index in [4.69, 9.17) is 19.7 Å². The number of hydrogen-bond donors (Lipinski definition) is 3. The zero-order valence-corrected chi connectivity index (χ0v) is 12.2. The molecule has 0 fully saturated rings. The summed E-state index contributed by atoms with van der Waals surface area (Å²) in [6, 6.07) is 6.65. The molecule has 2 rings (SSSR count). The van der Waals surface area contributed by atoms with E-state index in [9.17, 15) is 19.2 Å². The molecule has 0 aliphatic rings. The van der Waals surface area contributed by atoms with Gasteiger partial charge in [-0.1, -0.05) is 0 Å². The molecule has 0 aliphatic heterocycles. The SMILES string of the molecule is O=C(O)/C=C/c1ccco1.O=C(O)CC(=O)O.O=Cc1ccco1. The maximum Gasteiger partial charge on any atom is 0.328 e. The first-order valence-electron chi connectivity index (χ1n) is 6.22. The Morgan fingerprint density at radius 3 is 1.67 bits per heavy atom. The first kappa shape index (κ1) is 20.4. The third-order valence-corrected chi connectivity index (χ3v) is 1.90. The van der Waals surface area contributed by atoms with Gasteiger partial charge in [0.2, 0.25) is 0 Å². The molecule has 9 nitrogen and oxygen atoms in total. The van der Waals surface area contributed by atoms with Gasteiger partial charge in [-0.3, -0.25) is 14.4 Å². The van der Waals surface area contributed by atoms with Gasteiger partial charge in [-0.25, -0.2) is 4.79 Å². The minimum Gasteiger partial charge on any atom is -0.481 e. The van der Waals surface area contributed by atoms with E-state index in [0.29, 0.717) is 17.8 Å². The van der Waals surface area contributed by atoms with Gasteiger partial charge in [0.1, 0.15) is 12.2 Å². The number of rotatable bonds is 5. The Hall–Kier alpha value is -3.62. The van der Waals surface area contributed by atoms with E-state index in [-0.39, 0.29) is 0 Å². The Morgan fingerprint density at radius 1 is 0.917 bits per heavy atom. The molecule has 2 aromatic rings. The molecule has 24 heavy (non-hydrogen) atoms. The number of aliphatic carboxylic acids is 3. The molecule has 0 radical (unpaired) electrons. The third kappa shape index (κ3) is 12.1. The van der Waals surface area contributed by atoms with Crippen molar-refractivity contribution in [2.75, 3.05) is 0 Å². The lowest BCUT2D eigenvalue weighted by atomic mass is 10.4. The minimum atomic E-state index is -1.31. The van der Waals surface area contributed by atoms with E-state index < -0.39 is 24.3 Å². The summed E-state index contributed by atoms with van der Waals surface area (Å²) in [6.45, 7) is 0. The summed E-state index contributed by atoms with van der Waals surface area (Å²) < 4.78 is 9.45. The van der Waals surface area contributed by atoms with Gasteiger partial charge < -0.3 is 24.2 Å². The van der Waals surface area contributed by atoms with Crippen molar-refractivity contribution in [3.05, 3.63) is 54.4 Å². The summed E-state index contributed by atoms with van der Waals surface area (Å²) >= 11 is 0. The van der Waals surface area contributed by atoms with Crippen LogP contribution in [0.5, 0.6) is 0 Å². The highest BCUT2D eigenvalue weighted by Crippen LogP contribution is 2.01. The molecule has 0 saturated carbocycles. The van der Waals surface area contributed by atoms with Gasteiger partial charge in [0.25, 0.3) is 0 Å². The Labute approximate surface area is 135 Å². The van der Waals surface area contributed by atoms with Crippen LogP contribution in [0.4, 0.5) is 0 Å². The maximum atomic E-state index is 9.97. The van der Waals surface area contributed by atoms with Crippen molar-refractivity contribution in [1.29, 1.82) is 0 Å². The number of carbonyl (C=O) groups excluding carboxylic acids is 1. The molecule has 3 N–H and O–H groups in total. The van der Waals surface area contributed by atoms with Gasteiger partial charge in [0, 0.05) is 6.08 Å². The van der Waals surface area contributed by atoms with Gasteiger partial charge >= 0.3 is 17.9 Å². The van der Waals surface area contributed by atoms with E-state index in [1.807, 2.05) is 0 Å². The van der Waals surface area contributed by atoms with Crippen LogP contribution in [-0.4, -0.2) is 39.5 Å². The molecule has 128 valence electrons. The highest BCUT2D eigenvalue weighted by atomic mass is 16.4. The first-order chi connectivity index (χ1) is 11.3. The van der Waals surface area contributed by atoms with E-state index in [2.05, 4.69) is 4.42 Å². The van der Waals surface area contributed by atoms with Crippen LogP contribution in [0.25, 0.3) is 6.08 Å². The van der Waals surface area contributed by atoms with Crippen LogP contribution in [0.1, 0.15) is 22.7 Å². The molecule has 0 amide bonds. The lowest BCUT2D eigenvalue weighted by Gasteiger charge is -1.80. The van der Waals surface area contributed by atoms with Crippen molar-refractivity contribution >= 4 is 30.3 Å². The minimum absolute atomic E-state index is 0.375. The normalized spacial score (nSPS) is 9.17. The monoisotopic (exact) mass is 338 g/mol. The molecule has 0 saturated heterocycles. The van der Waals surface area contributed by atoms with E-state index >= 15 is 0 Å². The van der Waals surface area contributed by atoms with Crippen molar-refractivity contribution in [3.63, 3.8) is 0 Å². The van der Waals surface area contributed by atoms with Crippen molar-refractivity contribution < 1.29 is 43.3 Å². The zero-order valence-electron chi connectivity index (χ0n) is 12.2. The number of carbonyl (C=O) groups is 4. The molecular formula is C15H14O9. The number of hydrogen-bond acceptors (Lipinski definition) is 6. The number of aldehydes is 1. The third-order valence-electron chi connectivity index (χ3n) is 1.90. The second-order valence-electron chi connectivity index (χ2n) is 3.78. The van der Waals surface area contributed by atoms with Crippen molar-refractivity contribution in [3.8, 4) is 0 Å².